The third-order valence-corrected chi connectivity index (χ3v) is 7.48. The van der Waals surface area contributed by atoms with Crippen LogP contribution in [0.3, 0.4) is 0 Å². The van der Waals surface area contributed by atoms with Crippen molar-refractivity contribution in [2.45, 2.75) is 9.79 Å². The molecule has 13 heteroatoms. The van der Waals surface area contributed by atoms with E-state index >= 15 is 0 Å². The van der Waals surface area contributed by atoms with Gasteiger partial charge < -0.3 is 9.15 Å². The van der Waals surface area contributed by atoms with Crippen LogP contribution in [0.25, 0.3) is 11.5 Å². The number of rotatable bonds is 8. The van der Waals surface area contributed by atoms with E-state index < -0.39 is 25.8 Å². The summed E-state index contributed by atoms with van der Waals surface area (Å²) in [5.74, 6) is -0.141. The van der Waals surface area contributed by atoms with Crippen molar-refractivity contribution in [1.82, 2.24) is 10.2 Å². The summed E-state index contributed by atoms with van der Waals surface area (Å²) in [6.45, 7) is 0. The van der Waals surface area contributed by atoms with Gasteiger partial charge in [0.25, 0.3) is 21.8 Å². The molecule has 1 amide bonds. The number of aromatic nitrogens is 2. The molecule has 0 atom stereocenters. The highest BCUT2D eigenvalue weighted by Crippen LogP contribution is 2.27. The van der Waals surface area contributed by atoms with Crippen molar-refractivity contribution in [1.29, 1.82) is 0 Å². The van der Waals surface area contributed by atoms with Gasteiger partial charge >= 0.3 is 6.01 Å². The number of carbonyl (C=O) groups excluding carboxylic acids is 1. The Bertz CT molecular complexity index is 1610. The zero-order chi connectivity index (χ0) is 25.9. The third-order valence-electron chi connectivity index (χ3n) is 4.93. The van der Waals surface area contributed by atoms with Gasteiger partial charge in [0, 0.05) is 17.5 Å². The molecular formula is C23H20N4O7S2. The minimum Gasteiger partial charge on any atom is -0.497 e. The number of sulfone groups is 1. The molecule has 11 nitrogen and oxygen atoms in total. The number of sulfonamides is 1. The fourth-order valence-electron chi connectivity index (χ4n) is 3.18. The first-order valence-corrected chi connectivity index (χ1v) is 13.7. The molecule has 4 rings (SSSR count). The van der Waals surface area contributed by atoms with Gasteiger partial charge in [-0.15, -0.1) is 5.10 Å². The number of ether oxygens (including phenoxy) is 1. The fraction of sp³-hybridized carbons (Fsp3) is 0.0870. The highest BCUT2D eigenvalue weighted by molar-refractivity contribution is 7.92. The van der Waals surface area contributed by atoms with E-state index in [1.807, 2.05) is 0 Å². The van der Waals surface area contributed by atoms with Crippen molar-refractivity contribution in [3.05, 3.63) is 78.4 Å². The van der Waals surface area contributed by atoms with Crippen LogP contribution in [0.4, 0.5) is 11.7 Å². The Kier molecular flexibility index (Phi) is 6.77. The highest BCUT2D eigenvalue weighted by Gasteiger charge is 2.20. The van der Waals surface area contributed by atoms with Crippen LogP contribution >= 0.6 is 0 Å². The number of methoxy groups -OCH3 is 1. The quantitative estimate of drug-likeness (QED) is 0.350. The maximum Gasteiger partial charge on any atom is 0.322 e. The first-order valence-electron chi connectivity index (χ1n) is 10.3. The van der Waals surface area contributed by atoms with E-state index in [0.717, 1.165) is 6.26 Å². The Labute approximate surface area is 207 Å². The van der Waals surface area contributed by atoms with Gasteiger partial charge in [-0.05, 0) is 60.7 Å². The molecule has 1 heterocycles. The number of anilines is 2. The van der Waals surface area contributed by atoms with Crippen molar-refractivity contribution in [2.24, 2.45) is 0 Å². The first kappa shape index (κ1) is 24.9. The van der Waals surface area contributed by atoms with Gasteiger partial charge in [-0.3, -0.25) is 14.8 Å². The zero-order valence-corrected chi connectivity index (χ0v) is 20.6. The Hall–Kier alpha value is -4.23. The summed E-state index contributed by atoms with van der Waals surface area (Å²) < 4.78 is 62.1. The molecule has 0 saturated heterocycles. The predicted octanol–water partition coefficient (Wildman–Crippen LogP) is 3.20. The topological polar surface area (TPSA) is 158 Å². The van der Waals surface area contributed by atoms with E-state index in [-0.39, 0.29) is 38.5 Å². The van der Waals surface area contributed by atoms with Crippen LogP contribution in [-0.2, 0) is 19.9 Å². The monoisotopic (exact) mass is 528 g/mol. The average Bonchev–Trinajstić information content (AvgIpc) is 3.32. The molecule has 0 aliphatic carbocycles. The van der Waals surface area contributed by atoms with Crippen LogP contribution in [0.1, 0.15) is 10.4 Å². The number of hydrogen-bond acceptors (Lipinski definition) is 9. The highest BCUT2D eigenvalue weighted by atomic mass is 32.2. The Balaban J connectivity index is 1.45. The van der Waals surface area contributed by atoms with Gasteiger partial charge in [-0.1, -0.05) is 17.2 Å². The van der Waals surface area contributed by atoms with Crippen molar-refractivity contribution >= 4 is 37.5 Å². The lowest BCUT2D eigenvalue weighted by Gasteiger charge is -2.09. The lowest BCUT2D eigenvalue weighted by atomic mass is 10.2. The molecule has 0 aliphatic rings. The van der Waals surface area contributed by atoms with Crippen molar-refractivity contribution in [2.75, 3.05) is 23.4 Å². The number of hydrogen-bond donors (Lipinski definition) is 2. The summed E-state index contributed by atoms with van der Waals surface area (Å²) in [5.41, 5.74) is 0.653. The molecule has 0 unspecified atom stereocenters. The predicted molar refractivity (Wildman–Crippen MR) is 131 cm³/mol. The molecule has 0 aliphatic heterocycles. The normalized spacial score (nSPS) is 11.6. The van der Waals surface area contributed by atoms with E-state index in [1.54, 1.807) is 12.1 Å². The summed E-state index contributed by atoms with van der Waals surface area (Å²) in [5, 5.41) is 10.0. The van der Waals surface area contributed by atoms with Crippen molar-refractivity contribution in [3.8, 4) is 17.2 Å². The molecule has 0 bridgehead atoms. The summed E-state index contributed by atoms with van der Waals surface area (Å²) in [6, 6.07) is 17.5. The van der Waals surface area contributed by atoms with Gasteiger partial charge in [-0.25, -0.2) is 16.8 Å². The largest absolute Gasteiger partial charge is 0.497 e. The van der Waals surface area contributed by atoms with Crippen LogP contribution in [-0.4, -0.2) is 46.3 Å². The maximum absolute atomic E-state index is 12.6. The molecule has 2 N–H and O–H groups in total. The second-order valence-electron chi connectivity index (χ2n) is 7.49. The molecule has 36 heavy (non-hydrogen) atoms. The number of carbonyl (C=O) groups is 1. The van der Waals surface area contributed by atoms with Gasteiger partial charge in [-0.2, -0.15) is 0 Å². The van der Waals surface area contributed by atoms with E-state index in [2.05, 4.69) is 20.2 Å². The number of amides is 1. The van der Waals surface area contributed by atoms with Crippen molar-refractivity contribution in [3.63, 3.8) is 0 Å². The van der Waals surface area contributed by atoms with Gasteiger partial charge in [0.2, 0.25) is 0 Å². The minimum atomic E-state index is -3.84. The molecule has 4 aromatic rings. The number of nitrogens with zero attached hydrogens (tertiary/aromatic N) is 2. The lowest BCUT2D eigenvalue weighted by molar-refractivity contribution is 0.102. The Morgan fingerprint density at radius 1 is 0.889 bits per heavy atom. The van der Waals surface area contributed by atoms with Gasteiger partial charge in [0.1, 0.15) is 5.75 Å². The van der Waals surface area contributed by atoms with E-state index in [0.29, 0.717) is 5.75 Å². The van der Waals surface area contributed by atoms with Crippen LogP contribution < -0.4 is 14.8 Å². The summed E-state index contributed by atoms with van der Waals surface area (Å²) in [7, 11) is -5.90. The van der Waals surface area contributed by atoms with Crippen LogP contribution in [0.15, 0.2) is 87.0 Å². The van der Waals surface area contributed by atoms with E-state index in [1.165, 1.54) is 67.8 Å². The molecular weight excluding hydrogens is 508 g/mol. The zero-order valence-electron chi connectivity index (χ0n) is 19.0. The summed E-state index contributed by atoms with van der Waals surface area (Å²) >= 11 is 0. The average molecular weight is 529 g/mol. The van der Waals surface area contributed by atoms with Crippen LogP contribution in [0.2, 0.25) is 0 Å². The van der Waals surface area contributed by atoms with Crippen molar-refractivity contribution < 1.29 is 30.8 Å². The molecule has 0 fully saturated rings. The SMILES string of the molecule is COc1ccc(S(=O)(=O)Nc2ccc(C(=O)Nc3nnc(-c4ccccc4S(C)(=O)=O)o3)cc2)cc1. The Morgan fingerprint density at radius 3 is 2.19 bits per heavy atom. The van der Waals surface area contributed by atoms with E-state index in [9.17, 15) is 21.6 Å². The van der Waals surface area contributed by atoms with Crippen LogP contribution in [0.5, 0.6) is 5.75 Å². The second-order valence-corrected chi connectivity index (χ2v) is 11.2. The van der Waals surface area contributed by atoms with Crippen LogP contribution in [0, 0.1) is 0 Å². The summed E-state index contributed by atoms with van der Waals surface area (Å²) in [6.07, 6.45) is 1.06. The molecule has 1 aromatic heterocycles. The first-order chi connectivity index (χ1) is 17.1. The standard InChI is InChI=1S/C23H20N4O7S2/c1-33-17-11-13-18(14-12-17)36(31,32)27-16-9-7-15(8-10-16)21(28)24-23-26-25-22(34-23)19-5-3-4-6-20(19)35(2,29)30/h3-14,27H,1-2H3,(H,24,26,28). The Morgan fingerprint density at radius 2 is 1.56 bits per heavy atom. The molecule has 0 radical (unpaired) electrons. The van der Waals surface area contributed by atoms with Gasteiger partial charge in [0.15, 0.2) is 9.84 Å². The van der Waals surface area contributed by atoms with Gasteiger partial charge in [0.05, 0.1) is 22.5 Å². The molecule has 186 valence electrons. The fourth-order valence-corrected chi connectivity index (χ4v) is 5.12. The maximum atomic E-state index is 12.6. The summed E-state index contributed by atoms with van der Waals surface area (Å²) in [4.78, 5) is 12.6. The molecule has 3 aromatic carbocycles. The minimum absolute atomic E-state index is 0.0132. The smallest absolute Gasteiger partial charge is 0.322 e. The van der Waals surface area contributed by atoms with E-state index in [4.69, 9.17) is 9.15 Å². The lowest BCUT2D eigenvalue weighted by Crippen LogP contribution is -2.14. The third kappa shape index (κ3) is 5.53. The molecule has 0 saturated carbocycles. The second kappa shape index (κ2) is 9.79. The number of benzene rings is 3. The molecule has 0 spiro atoms. The number of nitrogens with one attached hydrogen (secondary N) is 2.